The van der Waals surface area contributed by atoms with Crippen molar-refractivity contribution in [3.05, 3.63) is 36.2 Å². The molecule has 4 nitrogen and oxygen atoms in total. The Morgan fingerprint density at radius 3 is 2.59 bits per heavy atom. The largest absolute Gasteiger partial charge is 0.418 e. The zero-order chi connectivity index (χ0) is 15.7. The van der Waals surface area contributed by atoms with Crippen molar-refractivity contribution in [2.24, 2.45) is 0 Å². The molecule has 1 aliphatic heterocycles. The van der Waals surface area contributed by atoms with E-state index in [1.807, 2.05) is 4.68 Å². The second-order valence-corrected chi connectivity index (χ2v) is 5.35. The van der Waals surface area contributed by atoms with E-state index in [1.54, 1.807) is 18.5 Å². The summed E-state index contributed by atoms with van der Waals surface area (Å²) in [7, 11) is 0. The average Bonchev–Trinajstić information content (AvgIpc) is 2.97. The van der Waals surface area contributed by atoms with Crippen molar-refractivity contribution in [3.8, 4) is 11.1 Å². The van der Waals surface area contributed by atoms with Crippen molar-refractivity contribution in [2.75, 3.05) is 18.9 Å². The van der Waals surface area contributed by atoms with Crippen molar-refractivity contribution in [1.29, 1.82) is 0 Å². The van der Waals surface area contributed by atoms with Gasteiger partial charge in [-0.25, -0.2) is 0 Å². The number of anilines is 1. The van der Waals surface area contributed by atoms with Crippen molar-refractivity contribution in [3.63, 3.8) is 0 Å². The first-order valence-electron chi connectivity index (χ1n) is 7.04. The zero-order valence-corrected chi connectivity index (χ0v) is 11.8. The summed E-state index contributed by atoms with van der Waals surface area (Å²) in [4.78, 5) is 0. The number of rotatable bonds is 2. The molecule has 7 heteroatoms. The normalized spacial score (nSPS) is 16.9. The molecule has 0 spiro atoms. The average molecular weight is 311 g/mol. The summed E-state index contributed by atoms with van der Waals surface area (Å²) in [5, 5.41) is 4.28. The van der Waals surface area contributed by atoms with Crippen molar-refractivity contribution in [1.82, 2.24) is 9.78 Å². The van der Waals surface area contributed by atoms with Crippen LogP contribution in [0.2, 0.25) is 0 Å². The number of nitrogens with zero attached hydrogens (tertiary/aromatic N) is 2. The van der Waals surface area contributed by atoms with E-state index >= 15 is 0 Å². The predicted octanol–water partition coefficient (Wildman–Crippen LogP) is 3.50. The summed E-state index contributed by atoms with van der Waals surface area (Å²) in [6, 6.07) is 4.17. The van der Waals surface area contributed by atoms with Crippen LogP contribution in [0.25, 0.3) is 11.1 Å². The van der Waals surface area contributed by atoms with Crippen molar-refractivity contribution >= 4 is 5.69 Å². The van der Waals surface area contributed by atoms with Crippen LogP contribution in [-0.4, -0.2) is 23.0 Å². The van der Waals surface area contributed by atoms with Crippen molar-refractivity contribution in [2.45, 2.75) is 25.1 Å². The molecule has 1 fully saturated rings. The first-order valence-corrected chi connectivity index (χ1v) is 7.04. The number of hydrogen-bond acceptors (Lipinski definition) is 3. The van der Waals surface area contributed by atoms with Gasteiger partial charge >= 0.3 is 6.18 Å². The lowest BCUT2D eigenvalue weighted by Crippen LogP contribution is -2.19. The lowest BCUT2D eigenvalue weighted by molar-refractivity contribution is -0.136. The van der Waals surface area contributed by atoms with E-state index in [-0.39, 0.29) is 11.7 Å². The Morgan fingerprint density at radius 1 is 1.18 bits per heavy atom. The third kappa shape index (κ3) is 2.94. The second-order valence-electron chi connectivity index (χ2n) is 5.35. The topological polar surface area (TPSA) is 53.1 Å². The molecule has 118 valence electrons. The highest BCUT2D eigenvalue weighted by Gasteiger charge is 2.33. The van der Waals surface area contributed by atoms with Gasteiger partial charge in [0, 0.05) is 30.7 Å². The number of alkyl halides is 3. The van der Waals surface area contributed by atoms with Gasteiger partial charge in [0.05, 0.1) is 17.8 Å². The fourth-order valence-electron chi connectivity index (χ4n) is 2.62. The Kier molecular flexibility index (Phi) is 3.82. The first kappa shape index (κ1) is 14.9. The molecule has 0 radical (unpaired) electrons. The standard InChI is InChI=1S/C15H16F3N3O/c16-15(17,18)13-7-10(1-2-14(13)19)11-8-20-21(9-11)12-3-5-22-6-4-12/h1-2,7-9,12H,3-6,19H2. The molecule has 1 aliphatic rings. The number of halogens is 3. The van der Waals surface area contributed by atoms with Crippen LogP contribution in [0.5, 0.6) is 0 Å². The fraction of sp³-hybridized carbons (Fsp3) is 0.400. The minimum atomic E-state index is -4.46. The van der Waals surface area contributed by atoms with Gasteiger partial charge in [0.15, 0.2) is 0 Å². The zero-order valence-electron chi connectivity index (χ0n) is 11.8. The summed E-state index contributed by atoms with van der Waals surface area (Å²) in [5.41, 5.74) is 5.44. The lowest BCUT2D eigenvalue weighted by atomic mass is 10.0. The SMILES string of the molecule is Nc1ccc(-c2cnn(C3CCOCC3)c2)cc1C(F)(F)F. The number of nitrogen functional groups attached to an aromatic ring is 1. The summed E-state index contributed by atoms with van der Waals surface area (Å²) in [5.74, 6) is 0. The molecular weight excluding hydrogens is 295 g/mol. The quantitative estimate of drug-likeness (QED) is 0.864. The maximum atomic E-state index is 12.9. The number of benzene rings is 1. The van der Waals surface area contributed by atoms with Gasteiger partial charge < -0.3 is 10.5 Å². The predicted molar refractivity (Wildman–Crippen MR) is 76.2 cm³/mol. The van der Waals surface area contributed by atoms with Gasteiger partial charge in [-0.05, 0) is 30.5 Å². The van der Waals surface area contributed by atoms with Gasteiger partial charge in [-0.1, -0.05) is 6.07 Å². The van der Waals surface area contributed by atoms with E-state index in [4.69, 9.17) is 10.5 Å². The minimum absolute atomic E-state index is 0.235. The van der Waals surface area contributed by atoms with Gasteiger partial charge in [0.25, 0.3) is 0 Å². The van der Waals surface area contributed by atoms with Gasteiger partial charge in [0.2, 0.25) is 0 Å². The van der Waals surface area contributed by atoms with Gasteiger partial charge in [-0.2, -0.15) is 18.3 Å². The summed E-state index contributed by atoms with van der Waals surface area (Å²) < 4.78 is 45.9. The lowest BCUT2D eigenvalue weighted by Gasteiger charge is -2.22. The molecule has 1 saturated heterocycles. The fourth-order valence-corrected chi connectivity index (χ4v) is 2.62. The number of nitrogens with two attached hydrogens (primary N) is 1. The molecule has 0 atom stereocenters. The van der Waals surface area contributed by atoms with Crippen LogP contribution in [0.3, 0.4) is 0 Å². The smallest absolute Gasteiger partial charge is 0.398 e. The van der Waals surface area contributed by atoms with Crippen LogP contribution in [0.4, 0.5) is 18.9 Å². The maximum Gasteiger partial charge on any atom is 0.418 e. The molecular formula is C15H16F3N3O. The van der Waals surface area contributed by atoms with E-state index in [9.17, 15) is 13.2 Å². The van der Waals surface area contributed by atoms with E-state index in [2.05, 4.69) is 5.10 Å². The molecule has 0 saturated carbocycles. The van der Waals surface area contributed by atoms with Crippen LogP contribution in [0.1, 0.15) is 24.4 Å². The highest BCUT2D eigenvalue weighted by atomic mass is 19.4. The van der Waals surface area contributed by atoms with Crippen LogP contribution in [0, 0.1) is 0 Å². The Labute approximate surface area is 125 Å². The number of ether oxygens (including phenoxy) is 1. The third-order valence-electron chi connectivity index (χ3n) is 3.86. The van der Waals surface area contributed by atoms with E-state index in [0.717, 1.165) is 18.9 Å². The van der Waals surface area contributed by atoms with E-state index in [0.29, 0.717) is 24.3 Å². The molecule has 0 bridgehead atoms. The molecule has 0 aliphatic carbocycles. The van der Waals surface area contributed by atoms with Crippen LogP contribution in [-0.2, 0) is 10.9 Å². The molecule has 3 rings (SSSR count). The minimum Gasteiger partial charge on any atom is -0.398 e. The van der Waals surface area contributed by atoms with Gasteiger partial charge in [0.1, 0.15) is 0 Å². The molecule has 2 heterocycles. The van der Waals surface area contributed by atoms with E-state index < -0.39 is 11.7 Å². The molecule has 1 aromatic carbocycles. The Hall–Kier alpha value is -2.02. The van der Waals surface area contributed by atoms with Gasteiger partial charge in [-0.3, -0.25) is 4.68 Å². The number of aromatic nitrogens is 2. The molecule has 2 N–H and O–H groups in total. The molecule has 0 unspecified atom stereocenters. The Morgan fingerprint density at radius 2 is 1.91 bits per heavy atom. The summed E-state index contributed by atoms with van der Waals surface area (Å²) in [6.07, 6.45) is 0.618. The first-order chi connectivity index (χ1) is 10.4. The highest BCUT2D eigenvalue weighted by molar-refractivity contribution is 5.67. The molecule has 2 aromatic rings. The van der Waals surface area contributed by atoms with Crippen LogP contribution in [0.15, 0.2) is 30.6 Å². The Bertz CT molecular complexity index is 660. The second kappa shape index (κ2) is 5.64. The third-order valence-corrected chi connectivity index (χ3v) is 3.86. The summed E-state index contributed by atoms with van der Waals surface area (Å²) in [6.45, 7) is 1.36. The van der Waals surface area contributed by atoms with Crippen molar-refractivity contribution < 1.29 is 17.9 Å². The number of hydrogen-bond donors (Lipinski definition) is 1. The molecule has 22 heavy (non-hydrogen) atoms. The van der Waals surface area contributed by atoms with Gasteiger partial charge in [-0.15, -0.1) is 0 Å². The van der Waals surface area contributed by atoms with Crippen LogP contribution < -0.4 is 5.73 Å². The monoisotopic (exact) mass is 311 g/mol. The highest BCUT2D eigenvalue weighted by Crippen LogP contribution is 2.36. The summed E-state index contributed by atoms with van der Waals surface area (Å²) >= 11 is 0. The van der Waals surface area contributed by atoms with E-state index in [1.165, 1.54) is 6.07 Å². The van der Waals surface area contributed by atoms with Crippen LogP contribution >= 0.6 is 0 Å². The molecule has 0 amide bonds. The Balaban J connectivity index is 1.90. The molecule has 1 aromatic heterocycles. The maximum absolute atomic E-state index is 12.9.